The van der Waals surface area contributed by atoms with Crippen molar-refractivity contribution in [2.75, 3.05) is 18.5 Å². The van der Waals surface area contributed by atoms with E-state index >= 15 is 0 Å². The molecule has 0 aliphatic carbocycles. The maximum atomic E-state index is 4.36. The van der Waals surface area contributed by atoms with Gasteiger partial charge in [-0.15, -0.1) is 0 Å². The predicted octanol–water partition coefficient (Wildman–Crippen LogP) is 2.18. The molecule has 0 bridgehead atoms. The minimum atomic E-state index is 0.665. The van der Waals surface area contributed by atoms with Gasteiger partial charge in [-0.25, -0.2) is 0 Å². The van der Waals surface area contributed by atoms with E-state index in [1.165, 1.54) is 31.5 Å². The molecule has 3 nitrogen and oxygen atoms in total. The van der Waals surface area contributed by atoms with Gasteiger partial charge in [-0.3, -0.25) is 4.98 Å². The summed E-state index contributed by atoms with van der Waals surface area (Å²) in [5.41, 5.74) is 2.45. The average Bonchev–Trinajstić information content (AvgIpc) is 2.30. The van der Waals surface area contributed by atoms with E-state index in [2.05, 4.69) is 34.3 Å². The summed E-state index contributed by atoms with van der Waals surface area (Å²) in [5, 5.41) is 3.14. The summed E-state index contributed by atoms with van der Waals surface area (Å²) in [6.07, 6.45) is 5.91. The highest BCUT2D eigenvalue weighted by atomic mass is 15.2. The summed E-state index contributed by atoms with van der Waals surface area (Å²) < 4.78 is 0. The van der Waals surface area contributed by atoms with Crippen LogP contribution in [-0.2, 0) is 6.54 Å². The molecule has 0 amide bonds. The molecule has 1 N–H and O–H groups in total. The van der Waals surface area contributed by atoms with Crippen molar-refractivity contribution in [2.45, 2.75) is 38.8 Å². The number of nitrogens with zero attached hydrogens (tertiary/aromatic N) is 2. The molecule has 1 aliphatic heterocycles. The quantitative estimate of drug-likeness (QED) is 0.844. The van der Waals surface area contributed by atoms with E-state index in [1.54, 1.807) is 0 Å². The van der Waals surface area contributed by atoms with Gasteiger partial charge in [-0.05, 0) is 45.4 Å². The molecule has 0 aromatic carbocycles. The van der Waals surface area contributed by atoms with Gasteiger partial charge in [0.25, 0.3) is 0 Å². The third-order valence-corrected chi connectivity index (χ3v) is 3.29. The summed E-state index contributed by atoms with van der Waals surface area (Å²) in [6, 6.07) is 5.00. The van der Waals surface area contributed by atoms with Crippen LogP contribution in [0.2, 0.25) is 0 Å². The molecule has 2 rings (SSSR count). The van der Waals surface area contributed by atoms with E-state index in [1.807, 2.05) is 13.2 Å². The third-order valence-electron chi connectivity index (χ3n) is 3.29. The fourth-order valence-corrected chi connectivity index (χ4v) is 2.40. The Labute approximate surface area is 97.9 Å². The van der Waals surface area contributed by atoms with Gasteiger partial charge in [0, 0.05) is 31.0 Å². The summed E-state index contributed by atoms with van der Waals surface area (Å²) in [4.78, 5) is 6.86. The Balaban J connectivity index is 2.15. The first-order valence-electron chi connectivity index (χ1n) is 6.17. The number of hydrogen-bond acceptors (Lipinski definition) is 3. The van der Waals surface area contributed by atoms with Crippen LogP contribution in [-0.4, -0.2) is 24.6 Å². The third kappa shape index (κ3) is 2.53. The largest absolute Gasteiger partial charge is 0.369 e. The van der Waals surface area contributed by atoms with Crippen LogP contribution in [0.3, 0.4) is 0 Å². The van der Waals surface area contributed by atoms with Crippen molar-refractivity contribution < 1.29 is 0 Å². The molecule has 1 unspecified atom stereocenters. The second-order valence-electron chi connectivity index (χ2n) is 4.57. The van der Waals surface area contributed by atoms with Crippen LogP contribution in [0.1, 0.15) is 31.9 Å². The van der Waals surface area contributed by atoms with Crippen molar-refractivity contribution in [3.05, 3.63) is 24.0 Å². The van der Waals surface area contributed by atoms with Gasteiger partial charge < -0.3 is 10.2 Å². The average molecular weight is 219 g/mol. The topological polar surface area (TPSA) is 28.2 Å². The van der Waals surface area contributed by atoms with E-state index in [4.69, 9.17) is 0 Å². The van der Waals surface area contributed by atoms with Crippen LogP contribution in [0.5, 0.6) is 0 Å². The fourth-order valence-electron chi connectivity index (χ4n) is 2.40. The Morgan fingerprint density at radius 2 is 2.38 bits per heavy atom. The van der Waals surface area contributed by atoms with Crippen molar-refractivity contribution in [3.8, 4) is 0 Å². The first-order valence-corrected chi connectivity index (χ1v) is 6.17. The van der Waals surface area contributed by atoms with E-state index in [0.717, 1.165) is 12.2 Å². The molecular weight excluding hydrogens is 198 g/mol. The normalized spacial score (nSPS) is 21.1. The lowest BCUT2D eigenvalue weighted by molar-refractivity contribution is 0.484. The van der Waals surface area contributed by atoms with Crippen molar-refractivity contribution in [3.63, 3.8) is 0 Å². The molecule has 1 aliphatic rings. The highest BCUT2D eigenvalue weighted by Gasteiger charge is 2.18. The molecule has 1 aromatic rings. The molecule has 0 radical (unpaired) electrons. The predicted molar refractivity (Wildman–Crippen MR) is 67.7 cm³/mol. The van der Waals surface area contributed by atoms with E-state index in [0.29, 0.717) is 6.04 Å². The minimum Gasteiger partial charge on any atom is -0.369 e. The number of pyridine rings is 1. The summed E-state index contributed by atoms with van der Waals surface area (Å²) in [5.74, 6) is 0. The zero-order valence-electron chi connectivity index (χ0n) is 10.2. The molecule has 2 heterocycles. The fraction of sp³-hybridized carbons (Fsp3) is 0.615. The Bertz CT molecular complexity index is 338. The Morgan fingerprint density at radius 1 is 1.50 bits per heavy atom. The van der Waals surface area contributed by atoms with Gasteiger partial charge in [0.05, 0.1) is 5.69 Å². The van der Waals surface area contributed by atoms with Gasteiger partial charge in [0.1, 0.15) is 0 Å². The number of rotatable bonds is 3. The van der Waals surface area contributed by atoms with Crippen LogP contribution in [0.25, 0.3) is 0 Å². The second kappa shape index (κ2) is 5.30. The van der Waals surface area contributed by atoms with Crippen molar-refractivity contribution in [2.24, 2.45) is 0 Å². The van der Waals surface area contributed by atoms with Crippen LogP contribution in [0, 0.1) is 0 Å². The standard InChI is InChI=1S/C13H21N3/c1-11-5-3-4-8-16(11)13-6-7-15-12(9-13)10-14-2/h6-7,9,11,14H,3-5,8,10H2,1-2H3. The smallest absolute Gasteiger partial charge is 0.0562 e. The van der Waals surface area contributed by atoms with Gasteiger partial charge >= 0.3 is 0 Å². The Morgan fingerprint density at radius 3 is 3.12 bits per heavy atom. The summed E-state index contributed by atoms with van der Waals surface area (Å²) >= 11 is 0. The van der Waals surface area contributed by atoms with Crippen LogP contribution in [0.15, 0.2) is 18.3 Å². The monoisotopic (exact) mass is 219 g/mol. The molecule has 1 aromatic heterocycles. The lowest BCUT2D eigenvalue weighted by atomic mass is 10.0. The first-order chi connectivity index (χ1) is 7.81. The maximum absolute atomic E-state index is 4.36. The zero-order chi connectivity index (χ0) is 11.4. The first kappa shape index (κ1) is 11.4. The van der Waals surface area contributed by atoms with Gasteiger partial charge in [-0.2, -0.15) is 0 Å². The molecule has 16 heavy (non-hydrogen) atoms. The SMILES string of the molecule is CNCc1cc(N2CCCCC2C)ccn1. The summed E-state index contributed by atoms with van der Waals surface area (Å²) in [6.45, 7) is 4.34. The highest BCUT2D eigenvalue weighted by Crippen LogP contribution is 2.24. The lowest BCUT2D eigenvalue weighted by Gasteiger charge is -2.35. The Hall–Kier alpha value is -1.09. The minimum absolute atomic E-state index is 0.665. The van der Waals surface area contributed by atoms with Crippen LogP contribution < -0.4 is 10.2 Å². The van der Waals surface area contributed by atoms with E-state index in [-0.39, 0.29) is 0 Å². The van der Waals surface area contributed by atoms with Crippen molar-refractivity contribution >= 4 is 5.69 Å². The molecule has 1 fully saturated rings. The van der Waals surface area contributed by atoms with Gasteiger partial charge in [-0.1, -0.05) is 0 Å². The molecule has 1 atom stereocenters. The number of anilines is 1. The van der Waals surface area contributed by atoms with Gasteiger partial charge in [0.15, 0.2) is 0 Å². The second-order valence-corrected chi connectivity index (χ2v) is 4.57. The molecule has 0 spiro atoms. The number of hydrogen-bond donors (Lipinski definition) is 1. The number of piperidine rings is 1. The summed E-state index contributed by atoms with van der Waals surface area (Å²) in [7, 11) is 1.96. The zero-order valence-corrected chi connectivity index (χ0v) is 10.2. The molecule has 88 valence electrons. The molecular formula is C13H21N3. The van der Waals surface area contributed by atoms with Crippen molar-refractivity contribution in [1.29, 1.82) is 0 Å². The number of aromatic nitrogens is 1. The molecule has 1 saturated heterocycles. The lowest BCUT2D eigenvalue weighted by Crippen LogP contribution is -2.37. The van der Waals surface area contributed by atoms with Crippen molar-refractivity contribution in [1.82, 2.24) is 10.3 Å². The van der Waals surface area contributed by atoms with Gasteiger partial charge in [0.2, 0.25) is 0 Å². The van der Waals surface area contributed by atoms with E-state index in [9.17, 15) is 0 Å². The number of nitrogens with one attached hydrogen (secondary N) is 1. The molecule has 3 heteroatoms. The van der Waals surface area contributed by atoms with Crippen LogP contribution in [0.4, 0.5) is 5.69 Å². The van der Waals surface area contributed by atoms with Crippen LogP contribution >= 0.6 is 0 Å². The highest BCUT2D eigenvalue weighted by molar-refractivity contribution is 5.47. The molecule has 0 saturated carbocycles. The van der Waals surface area contributed by atoms with E-state index < -0.39 is 0 Å². The maximum Gasteiger partial charge on any atom is 0.0562 e. The Kier molecular flexibility index (Phi) is 3.78.